The largest absolute Gasteiger partial charge is 0.416 e. The van der Waals surface area contributed by atoms with E-state index >= 15 is 0 Å². The molecule has 0 saturated carbocycles. The maximum atomic E-state index is 12.8. The van der Waals surface area contributed by atoms with Crippen LogP contribution in [0.15, 0.2) is 79.1 Å². The van der Waals surface area contributed by atoms with Crippen LogP contribution >= 0.6 is 0 Å². The summed E-state index contributed by atoms with van der Waals surface area (Å²) in [6, 6.07) is 16.2. The third kappa shape index (κ3) is 4.84. The smallest absolute Gasteiger partial charge is 0.327 e. The molecule has 1 aromatic heterocycles. The molecule has 4 nitrogen and oxygen atoms in total. The maximum absolute atomic E-state index is 12.8. The second kappa shape index (κ2) is 7.90. The highest BCUT2D eigenvalue weighted by molar-refractivity contribution is 5.89. The van der Waals surface area contributed by atoms with E-state index in [1.165, 1.54) is 12.1 Å². The lowest BCUT2D eigenvalue weighted by Crippen LogP contribution is -2.33. The molecular formula is C20H16F3N3O. The van der Waals surface area contributed by atoms with Crippen molar-refractivity contribution in [3.8, 4) is 0 Å². The van der Waals surface area contributed by atoms with E-state index in [4.69, 9.17) is 0 Å². The van der Waals surface area contributed by atoms with Crippen LogP contribution in [-0.2, 0) is 6.18 Å². The molecule has 0 radical (unpaired) electrons. The standard InChI is InChI=1S/C20H16F3N3O/c21-20(22,23)16-7-4-8-17(13-16)25-19(27)26-18(14-5-2-1-3-6-14)15-9-11-24-12-10-15/h1-13,18H,(H2,25,26,27). The summed E-state index contributed by atoms with van der Waals surface area (Å²) in [5.74, 6) is 0. The Bertz CT molecular complexity index is 860. The van der Waals surface area contributed by atoms with Crippen LogP contribution in [0.2, 0.25) is 0 Å². The van der Waals surface area contributed by atoms with Gasteiger partial charge in [0.25, 0.3) is 0 Å². The Morgan fingerprint density at radius 2 is 1.56 bits per heavy atom. The molecule has 2 aromatic carbocycles. The molecule has 7 heteroatoms. The van der Waals surface area contributed by atoms with Crippen molar-refractivity contribution in [3.05, 3.63) is 95.8 Å². The van der Waals surface area contributed by atoms with E-state index in [9.17, 15) is 18.0 Å². The number of anilines is 1. The highest BCUT2D eigenvalue weighted by atomic mass is 19.4. The molecule has 138 valence electrons. The number of carbonyl (C=O) groups excluding carboxylic acids is 1. The Morgan fingerprint density at radius 1 is 0.889 bits per heavy atom. The first-order chi connectivity index (χ1) is 12.9. The molecule has 0 saturated heterocycles. The van der Waals surface area contributed by atoms with Crippen molar-refractivity contribution >= 4 is 11.7 Å². The molecule has 0 aliphatic carbocycles. The average molecular weight is 371 g/mol. The van der Waals surface area contributed by atoms with Gasteiger partial charge in [-0.3, -0.25) is 4.98 Å². The lowest BCUT2D eigenvalue weighted by Gasteiger charge is -2.20. The first kappa shape index (κ1) is 18.4. The zero-order valence-electron chi connectivity index (χ0n) is 14.1. The summed E-state index contributed by atoms with van der Waals surface area (Å²) in [6.45, 7) is 0. The minimum absolute atomic E-state index is 0.0591. The fraction of sp³-hybridized carbons (Fsp3) is 0.100. The van der Waals surface area contributed by atoms with E-state index in [1.54, 1.807) is 24.5 Å². The van der Waals surface area contributed by atoms with Crippen LogP contribution in [0.1, 0.15) is 22.7 Å². The highest BCUT2D eigenvalue weighted by Crippen LogP contribution is 2.30. The minimum atomic E-state index is -4.47. The third-order valence-corrected chi connectivity index (χ3v) is 3.90. The number of nitrogens with zero attached hydrogens (tertiary/aromatic N) is 1. The van der Waals surface area contributed by atoms with Crippen LogP contribution in [0.25, 0.3) is 0 Å². The minimum Gasteiger partial charge on any atom is -0.327 e. The number of alkyl halides is 3. The van der Waals surface area contributed by atoms with Crippen molar-refractivity contribution in [2.75, 3.05) is 5.32 Å². The van der Waals surface area contributed by atoms with Gasteiger partial charge >= 0.3 is 12.2 Å². The van der Waals surface area contributed by atoms with E-state index in [-0.39, 0.29) is 5.69 Å². The van der Waals surface area contributed by atoms with Gasteiger partial charge in [-0.15, -0.1) is 0 Å². The molecule has 2 N–H and O–H groups in total. The van der Waals surface area contributed by atoms with Gasteiger partial charge in [0.15, 0.2) is 0 Å². The fourth-order valence-corrected chi connectivity index (χ4v) is 2.63. The Balaban J connectivity index is 1.80. The van der Waals surface area contributed by atoms with Gasteiger partial charge in [-0.25, -0.2) is 4.79 Å². The van der Waals surface area contributed by atoms with Gasteiger partial charge in [-0.2, -0.15) is 13.2 Å². The number of halogens is 3. The first-order valence-corrected chi connectivity index (χ1v) is 8.13. The van der Waals surface area contributed by atoms with Crippen LogP contribution in [0.4, 0.5) is 23.7 Å². The van der Waals surface area contributed by atoms with Gasteiger partial charge in [0.1, 0.15) is 0 Å². The number of amides is 2. The molecule has 0 bridgehead atoms. The second-order valence-electron chi connectivity index (χ2n) is 5.80. The predicted molar refractivity (Wildman–Crippen MR) is 96.1 cm³/mol. The summed E-state index contributed by atoms with van der Waals surface area (Å²) < 4.78 is 38.5. The van der Waals surface area contributed by atoms with Gasteiger partial charge in [0, 0.05) is 18.1 Å². The molecule has 0 fully saturated rings. The molecule has 3 rings (SSSR count). The first-order valence-electron chi connectivity index (χ1n) is 8.13. The van der Waals surface area contributed by atoms with Crippen molar-refractivity contribution in [3.63, 3.8) is 0 Å². The summed E-state index contributed by atoms with van der Waals surface area (Å²) >= 11 is 0. The van der Waals surface area contributed by atoms with Gasteiger partial charge in [0.2, 0.25) is 0 Å². The number of aromatic nitrogens is 1. The summed E-state index contributed by atoms with van der Waals surface area (Å²) in [6.07, 6.45) is -1.26. The number of carbonyl (C=O) groups is 1. The summed E-state index contributed by atoms with van der Waals surface area (Å²) in [5, 5.41) is 5.26. The van der Waals surface area contributed by atoms with Crippen molar-refractivity contribution in [2.45, 2.75) is 12.2 Å². The number of nitrogens with one attached hydrogen (secondary N) is 2. The van der Waals surface area contributed by atoms with Gasteiger partial charge < -0.3 is 10.6 Å². The second-order valence-corrected chi connectivity index (χ2v) is 5.80. The normalized spacial score (nSPS) is 12.3. The Kier molecular flexibility index (Phi) is 5.40. The topological polar surface area (TPSA) is 54.0 Å². The maximum Gasteiger partial charge on any atom is 0.416 e. The van der Waals surface area contributed by atoms with Crippen molar-refractivity contribution < 1.29 is 18.0 Å². The van der Waals surface area contributed by atoms with Crippen LogP contribution in [0.5, 0.6) is 0 Å². The molecule has 0 aliphatic heterocycles. The highest BCUT2D eigenvalue weighted by Gasteiger charge is 2.30. The van der Waals surface area contributed by atoms with Gasteiger partial charge in [0.05, 0.1) is 11.6 Å². The van der Waals surface area contributed by atoms with Gasteiger partial charge in [-0.05, 0) is 41.5 Å². The number of rotatable bonds is 4. The Labute approximate surface area is 154 Å². The van der Waals surface area contributed by atoms with Gasteiger partial charge in [-0.1, -0.05) is 36.4 Å². The van der Waals surface area contributed by atoms with E-state index in [0.717, 1.165) is 23.3 Å². The number of pyridine rings is 1. The van der Waals surface area contributed by atoms with E-state index < -0.39 is 23.8 Å². The van der Waals surface area contributed by atoms with Crippen molar-refractivity contribution in [1.29, 1.82) is 0 Å². The monoisotopic (exact) mass is 371 g/mol. The molecule has 0 spiro atoms. The Morgan fingerprint density at radius 3 is 2.22 bits per heavy atom. The van der Waals surface area contributed by atoms with E-state index in [1.807, 2.05) is 30.3 Å². The van der Waals surface area contributed by atoms with Crippen LogP contribution < -0.4 is 10.6 Å². The van der Waals surface area contributed by atoms with Crippen LogP contribution in [0.3, 0.4) is 0 Å². The SMILES string of the molecule is O=C(Nc1cccc(C(F)(F)F)c1)NC(c1ccccc1)c1ccncc1. The number of hydrogen-bond donors (Lipinski definition) is 2. The lowest BCUT2D eigenvalue weighted by atomic mass is 10.00. The Hall–Kier alpha value is -3.35. The summed E-state index contributed by atoms with van der Waals surface area (Å²) in [4.78, 5) is 16.4. The zero-order valence-corrected chi connectivity index (χ0v) is 14.1. The van der Waals surface area contributed by atoms with Crippen LogP contribution in [-0.4, -0.2) is 11.0 Å². The lowest BCUT2D eigenvalue weighted by molar-refractivity contribution is -0.137. The molecule has 1 atom stereocenters. The zero-order chi connectivity index (χ0) is 19.3. The predicted octanol–water partition coefficient (Wildman–Crippen LogP) is 5.01. The van der Waals surface area contributed by atoms with Crippen molar-refractivity contribution in [2.24, 2.45) is 0 Å². The molecule has 2 amide bonds. The molecule has 3 aromatic rings. The quantitative estimate of drug-likeness (QED) is 0.677. The average Bonchev–Trinajstić information content (AvgIpc) is 2.67. The number of benzene rings is 2. The molecular weight excluding hydrogens is 355 g/mol. The number of hydrogen-bond acceptors (Lipinski definition) is 2. The van der Waals surface area contributed by atoms with Crippen LogP contribution in [0, 0.1) is 0 Å². The summed E-state index contributed by atoms with van der Waals surface area (Å²) in [5.41, 5.74) is 0.871. The van der Waals surface area contributed by atoms with Crippen molar-refractivity contribution in [1.82, 2.24) is 10.3 Å². The molecule has 1 unspecified atom stereocenters. The molecule has 1 heterocycles. The number of urea groups is 1. The third-order valence-electron chi connectivity index (χ3n) is 3.90. The molecule has 27 heavy (non-hydrogen) atoms. The fourth-order valence-electron chi connectivity index (χ4n) is 2.63. The van der Waals surface area contributed by atoms with E-state index in [2.05, 4.69) is 15.6 Å². The molecule has 0 aliphatic rings. The van der Waals surface area contributed by atoms with E-state index in [0.29, 0.717) is 0 Å². The summed E-state index contributed by atoms with van der Waals surface area (Å²) in [7, 11) is 0.